The van der Waals surface area contributed by atoms with E-state index in [1.54, 1.807) is 0 Å². The molecule has 0 saturated carbocycles. The van der Waals surface area contributed by atoms with Gasteiger partial charge in [-0.05, 0) is 27.7 Å². The van der Waals surface area contributed by atoms with Crippen LogP contribution in [0.5, 0.6) is 0 Å². The van der Waals surface area contributed by atoms with Crippen molar-refractivity contribution in [2.45, 2.75) is 52.9 Å². The first-order chi connectivity index (χ1) is 15.1. The van der Waals surface area contributed by atoms with Crippen molar-refractivity contribution in [1.82, 2.24) is 0 Å². The van der Waals surface area contributed by atoms with Gasteiger partial charge in [0.05, 0.1) is 0 Å². The zero-order valence-electron chi connectivity index (χ0n) is 19.8. The Morgan fingerprint density at radius 1 is 0.485 bits per heavy atom. The van der Waals surface area contributed by atoms with Gasteiger partial charge in [-0.3, -0.25) is 0 Å². The van der Waals surface area contributed by atoms with Crippen LogP contribution in [0.1, 0.15) is 27.7 Å². The molecule has 0 amide bonds. The van der Waals surface area contributed by atoms with E-state index in [-0.39, 0.29) is 23.9 Å². The van der Waals surface area contributed by atoms with Crippen LogP contribution in [0.3, 0.4) is 0 Å². The zero-order valence-corrected chi connectivity index (χ0v) is 22.7. The summed E-state index contributed by atoms with van der Waals surface area (Å²) in [4.78, 5) is 34.6. The fourth-order valence-electron chi connectivity index (χ4n) is 0.743. The molecule has 0 saturated heterocycles. The van der Waals surface area contributed by atoms with Crippen molar-refractivity contribution in [3.63, 3.8) is 0 Å². The van der Waals surface area contributed by atoms with Crippen molar-refractivity contribution in [3.05, 3.63) is 50.6 Å². The molecule has 4 N–H and O–H groups in total. The molecule has 13 heteroatoms. The fraction of sp³-hybridized carbons (Fsp3) is 0.600. The number of hydrogen-bond donors (Lipinski definition) is 4. The van der Waals surface area contributed by atoms with Gasteiger partial charge in [-0.1, -0.05) is 24.3 Å². The Bertz CT molecular complexity index is 321. The summed E-state index contributed by atoms with van der Waals surface area (Å²) < 4.78 is 0. The first-order valence-electron chi connectivity index (χ1n) is 9.37. The predicted octanol–water partition coefficient (Wildman–Crippen LogP) is 1.45. The molecule has 4 radical (unpaired) electrons. The van der Waals surface area contributed by atoms with Gasteiger partial charge in [0.15, 0.2) is 25.2 Å². The molecule has 4 unspecified atom stereocenters. The molecule has 12 nitrogen and oxygen atoms in total. The first kappa shape index (κ1) is 42.4. The molecular weight excluding hydrogens is 551 g/mol. The molecule has 196 valence electrons. The molecule has 0 aromatic heterocycles. The predicted molar refractivity (Wildman–Crippen MR) is 121 cm³/mol. The van der Waals surface area contributed by atoms with E-state index in [2.05, 4.69) is 65.4 Å². The molecule has 0 spiro atoms. The molecule has 0 aromatic carbocycles. The van der Waals surface area contributed by atoms with E-state index in [1.165, 1.54) is 52.0 Å². The maximum Gasteiger partial charge on any atom is 0.185 e. The van der Waals surface area contributed by atoms with E-state index in [0.29, 0.717) is 26.4 Å². The minimum atomic E-state index is -0.866. The third-order valence-corrected chi connectivity index (χ3v) is 1.57. The number of hydrogen-bond acceptors (Lipinski definition) is 12. The van der Waals surface area contributed by atoms with Gasteiger partial charge in [-0.15, -0.1) is 26.3 Å². The van der Waals surface area contributed by atoms with Crippen LogP contribution in [0, 0.1) is 0 Å². The quantitative estimate of drug-likeness (QED) is 0.0513. The summed E-state index contributed by atoms with van der Waals surface area (Å²) in [5.74, 6) is 0. The van der Waals surface area contributed by atoms with Crippen LogP contribution in [0.25, 0.3) is 0 Å². The summed E-state index contributed by atoms with van der Waals surface area (Å²) in [5, 5.41) is 33.6. The number of rotatable bonds is 16. The van der Waals surface area contributed by atoms with Crippen LogP contribution >= 0.6 is 0 Å². The van der Waals surface area contributed by atoms with Crippen molar-refractivity contribution in [2.75, 3.05) is 26.4 Å². The fourth-order valence-corrected chi connectivity index (χ4v) is 0.743. The van der Waals surface area contributed by atoms with Crippen LogP contribution in [0.2, 0.25) is 0 Å². The Hall–Kier alpha value is -0.721. The molecule has 0 aliphatic heterocycles. The molecule has 0 aromatic rings. The van der Waals surface area contributed by atoms with E-state index < -0.39 is 25.2 Å². The van der Waals surface area contributed by atoms with Crippen LogP contribution in [-0.2, 0) is 39.1 Å². The molecular formula is C20H40O12Sn. The van der Waals surface area contributed by atoms with Gasteiger partial charge in [-0.25, -0.2) is 39.1 Å². The standard InChI is InChI=1S/4C5H10O3.Sn/c4*1-3-4-7-8-5(2)6;/h4*3,5-6H,1,4H2,2H3;. The normalized spacial score (nSPS) is 12.8. The Morgan fingerprint density at radius 3 is 0.727 bits per heavy atom. The van der Waals surface area contributed by atoms with E-state index in [4.69, 9.17) is 20.4 Å². The summed E-state index contributed by atoms with van der Waals surface area (Å²) in [6.45, 7) is 20.5. The van der Waals surface area contributed by atoms with E-state index in [9.17, 15) is 0 Å². The van der Waals surface area contributed by atoms with Gasteiger partial charge in [0, 0.05) is 23.9 Å². The molecule has 0 aliphatic rings. The second-order valence-electron chi connectivity index (χ2n) is 5.07. The Balaban J connectivity index is -0.000000105. The van der Waals surface area contributed by atoms with Gasteiger partial charge in [0.1, 0.15) is 26.4 Å². The van der Waals surface area contributed by atoms with Crippen LogP contribution < -0.4 is 0 Å². The van der Waals surface area contributed by atoms with Crippen molar-refractivity contribution in [2.24, 2.45) is 0 Å². The van der Waals surface area contributed by atoms with E-state index >= 15 is 0 Å². The Kier molecular flexibility index (Phi) is 49.6. The van der Waals surface area contributed by atoms with Gasteiger partial charge in [0.25, 0.3) is 0 Å². The molecule has 4 atom stereocenters. The Morgan fingerprint density at radius 2 is 0.636 bits per heavy atom. The average Bonchev–Trinajstić information content (AvgIpc) is 2.69. The molecule has 33 heavy (non-hydrogen) atoms. The van der Waals surface area contributed by atoms with Gasteiger partial charge < -0.3 is 20.4 Å². The first-order valence-corrected chi connectivity index (χ1v) is 9.37. The summed E-state index contributed by atoms with van der Waals surface area (Å²) in [5.41, 5.74) is 0. The van der Waals surface area contributed by atoms with Crippen LogP contribution in [-0.4, -0.2) is 95.9 Å². The van der Waals surface area contributed by atoms with Gasteiger partial charge in [0.2, 0.25) is 0 Å². The number of aliphatic hydroxyl groups excluding tert-OH is 4. The van der Waals surface area contributed by atoms with Crippen molar-refractivity contribution < 1.29 is 59.5 Å². The summed E-state index contributed by atoms with van der Waals surface area (Å²) in [6, 6.07) is 0. The third kappa shape index (κ3) is 72.1. The number of aliphatic hydroxyl groups is 4. The summed E-state index contributed by atoms with van der Waals surface area (Å²) >= 11 is 0. The van der Waals surface area contributed by atoms with E-state index in [1.807, 2.05) is 0 Å². The van der Waals surface area contributed by atoms with Gasteiger partial charge in [-0.2, -0.15) is 0 Å². The van der Waals surface area contributed by atoms with Crippen molar-refractivity contribution >= 4 is 23.9 Å². The summed E-state index contributed by atoms with van der Waals surface area (Å²) in [7, 11) is 0. The maximum atomic E-state index is 8.40. The van der Waals surface area contributed by atoms with Crippen LogP contribution in [0.4, 0.5) is 0 Å². The summed E-state index contributed by atoms with van der Waals surface area (Å²) in [6.07, 6.45) is 2.66. The Labute approximate surface area is 213 Å². The average molecular weight is 591 g/mol. The monoisotopic (exact) mass is 592 g/mol. The largest absolute Gasteiger partial charge is 0.366 e. The third-order valence-electron chi connectivity index (χ3n) is 1.57. The minimum absolute atomic E-state index is 0. The maximum absolute atomic E-state index is 8.40. The molecule has 0 bridgehead atoms. The van der Waals surface area contributed by atoms with Crippen LogP contribution in [0.15, 0.2) is 50.6 Å². The smallest absolute Gasteiger partial charge is 0.185 e. The van der Waals surface area contributed by atoms with Crippen molar-refractivity contribution in [1.29, 1.82) is 0 Å². The topological polar surface area (TPSA) is 155 Å². The molecule has 0 rings (SSSR count). The SMILES string of the molecule is C=CCOOC(C)O.C=CCOOC(C)O.C=CCOOC(C)O.C=CCOOC(C)O.[Sn]. The second kappa shape index (κ2) is 38.5. The second-order valence-corrected chi connectivity index (χ2v) is 5.07. The molecule has 0 heterocycles. The van der Waals surface area contributed by atoms with Gasteiger partial charge >= 0.3 is 0 Å². The molecule has 0 aliphatic carbocycles. The zero-order chi connectivity index (χ0) is 25.6. The molecule has 0 fully saturated rings. The van der Waals surface area contributed by atoms with E-state index in [0.717, 1.165) is 0 Å². The van der Waals surface area contributed by atoms with Crippen molar-refractivity contribution in [3.8, 4) is 0 Å². The minimum Gasteiger partial charge on any atom is -0.366 e.